The molecule has 132 valence electrons. The zero-order chi connectivity index (χ0) is 18.3. The Morgan fingerprint density at radius 1 is 1.12 bits per heavy atom. The molecule has 0 atom stereocenters. The number of fused-ring (bicyclic) bond motifs is 2. The van der Waals surface area contributed by atoms with Crippen molar-refractivity contribution < 1.29 is 8.42 Å². The lowest BCUT2D eigenvalue weighted by Crippen LogP contribution is -2.13. The molecule has 0 saturated carbocycles. The Balaban J connectivity index is 1.83. The highest BCUT2D eigenvalue weighted by molar-refractivity contribution is 7.93. The molecule has 7 heteroatoms. The van der Waals surface area contributed by atoms with Crippen molar-refractivity contribution in [3.63, 3.8) is 0 Å². The SMILES string of the molecule is N#Cc1c(NS(=O)(=O)c2cccc3cccc(Cl)c23)sc2c1CCCC2. The van der Waals surface area contributed by atoms with E-state index in [2.05, 4.69) is 10.8 Å². The first-order valence-electron chi connectivity index (χ1n) is 8.26. The number of nitrogens with zero attached hydrogens (tertiary/aromatic N) is 1. The van der Waals surface area contributed by atoms with Gasteiger partial charge in [0.05, 0.1) is 10.5 Å². The van der Waals surface area contributed by atoms with Crippen LogP contribution >= 0.6 is 22.9 Å². The largest absolute Gasteiger partial charge is 0.269 e. The zero-order valence-electron chi connectivity index (χ0n) is 13.8. The van der Waals surface area contributed by atoms with Crippen LogP contribution in [0.5, 0.6) is 0 Å². The Morgan fingerprint density at radius 3 is 2.62 bits per heavy atom. The first kappa shape index (κ1) is 17.3. The van der Waals surface area contributed by atoms with Crippen molar-refractivity contribution >= 4 is 48.7 Å². The summed E-state index contributed by atoms with van der Waals surface area (Å²) in [6.45, 7) is 0. The molecule has 0 bridgehead atoms. The molecular formula is C19H15ClN2O2S2. The number of hydrogen-bond acceptors (Lipinski definition) is 4. The van der Waals surface area contributed by atoms with Gasteiger partial charge in [0, 0.05) is 15.3 Å². The van der Waals surface area contributed by atoms with Crippen LogP contribution in [0.2, 0.25) is 5.02 Å². The minimum absolute atomic E-state index is 0.121. The lowest BCUT2D eigenvalue weighted by molar-refractivity contribution is 0.602. The minimum Gasteiger partial charge on any atom is -0.269 e. The van der Waals surface area contributed by atoms with Crippen LogP contribution in [-0.4, -0.2) is 8.42 Å². The van der Waals surface area contributed by atoms with Crippen LogP contribution in [0.15, 0.2) is 41.3 Å². The molecule has 1 aliphatic carbocycles. The van der Waals surface area contributed by atoms with Gasteiger partial charge in [0.2, 0.25) is 0 Å². The van der Waals surface area contributed by atoms with Crippen molar-refractivity contribution in [1.29, 1.82) is 5.26 Å². The number of halogens is 1. The number of benzene rings is 2. The molecule has 4 nitrogen and oxygen atoms in total. The molecule has 0 aliphatic heterocycles. The highest BCUT2D eigenvalue weighted by Crippen LogP contribution is 2.39. The maximum atomic E-state index is 13.1. The first-order valence-corrected chi connectivity index (χ1v) is 10.9. The molecule has 0 fully saturated rings. The molecule has 0 radical (unpaired) electrons. The van der Waals surface area contributed by atoms with Crippen LogP contribution in [0, 0.1) is 11.3 Å². The second-order valence-corrected chi connectivity index (χ2v) is 9.39. The van der Waals surface area contributed by atoms with Crippen LogP contribution < -0.4 is 4.72 Å². The molecule has 0 amide bonds. The molecule has 3 aromatic rings. The van der Waals surface area contributed by atoms with E-state index in [9.17, 15) is 13.7 Å². The molecule has 0 saturated heterocycles. The minimum atomic E-state index is -3.87. The van der Waals surface area contributed by atoms with E-state index in [1.165, 1.54) is 17.4 Å². The lowest BCUT2D eigenvalue weighted by atomic mass is 9.96. The van der Waals surface area contributed by atoms with Gasteiger partial charge in [-0.1, -0.05) is 35.9 Å². The van der Waals surface area contributed by atoms with Crippen molar-refractivity contribution in [3.05, 3.63) is 57.4 Å². The number of sulfonamides is 1. The molecule has 1 N–H and O–H groups in total. The number of anilines is 1. The predicted molar refractivity (Wildman–Crippen MR) is 105 cm³/mol. The summed E-state index contributed by atoms with van der Waals surface area (Å²) in [5.41, 5.74) is 1.46. The van der Waals surface area contributed by atoms with Gasteiger partial charge in [-0.05, 0) is 48.8 Å². The van der Waals surface area contributed by atoms with Crippen LogP contribution in [0.4, 0.5) is 5.00 Å². The lowest BCUT2D eigenvalue weighted by Gasteiger charge is -2.11. The van der Waals surface area contributed by atoms with E-state index in [0.29, 0.717) is 21.0 Å². The van der Waals surface area contributed by atoms with Crippen LogP contribution in [0.1, 0.15) is 28.8 Å². The van der Waals surface area contributed by atoms with Crippen molar-refractivity contribution in [3.8, 4) is 6.07 Å². The standard InChI is InChI=1S/C19H15ClN2O2S2/c20-15-8-3-5-12-6-4-10-17(18(12)15)26(23,24)22-19-14(11-21)13-7-1-2-9-16(13)25-19/h3-6,8,10,22H,1-2,7,9H2. The summed E-state index contributed by atoms with van der Waals surface area (Å²) in [6, 6.07) is 12.5. The summed E-state index contributed by atoms with van der Waals surface area (Å²) in [5.74, 6) is 0. The number of nitrogens with one attached hydrogen (secondary N) is 1. The van der Waals surface area contributed by atoms with Crippen molar-refractivity contribution in [2.24, 2.45) is 0 Å². The smallest absolute Gasteiger partial charge is 0.263 e. The zero-order valence-corrected chi connectivity index (χ0v) is 16.1. The maximum Gasteiger partial charge on any atom is 0.263 e. The Hall–Kier alpha value is -2.07. The molecular weight excluding hydrogens is 388 g/mol. The van der Waals surface area contributed by atoms with Gasteiger partial charge in [0.25, 0.3) is 10.0 Å². The number of rotatable bonds is 3. The number of thiophene rings is 1. The average molecular weight is 403 g/mol. The van der Waals surface area contributed by atoms with Gasteiger partial charge in [-0.15, -0.1) is 11.3 Å². The quantitative estimate of drug-likeness (QED) is 0.662. The summed E-state index contributed by atoms with van der Waals surface area (Å²) in [7, 11) is -3.87. The van der Waals surface area contributed by atoms with E-state index < -0.39 is 10.0 Å². The fourth-order valence-corrected chi connectivity index (χ4v) is 6.56. The van der Waals surface area contributed by atoms with E-state index in [1.807, 2.05) is 12.1 Å². The highest BCUT2D eigenvalue weighted by Gasteiger charge is 2.25. The predicted octanol–water partition coefficient (Wildman–Crippen LogP) is 5.11. The fourth-order valence-electron chi connectivity index (χ4n) is 3.42. The molecule has 4 rings (SSSR count). The van der Waals surface area contributed by atoms with Crippen LogP contribution in [0.25, 0.3) is 10.8 Å². The average Bonchev–Trinajstić information content (AvgIpc) is 2.97. The van der Waals surface area contributed by atoms with E-state index in [4.69, 9.17) is 11.6 Å². The third-order valence-electron chi connectivity index (χ3n) is 4.62. The summed E-state index contributed by atoms with van der Waals surface area (Å²) in [6.07, 6.45) is 3.83. The molecule has 2 aromatic carbocycles. The number of nitriles is 1. The Morgan fingerprint density at radius 2 is 1.85 bits per heavy atom. The molecule has 0 spiro atoms. The Bertz CT molecular complexity index is 1150. The van der Waals surface area contributed by atoms with Gasteiger partial charge in [0.15, 0.2) is 0 Å². The van der Waals surface area contributed by atoms with Gasteiger partial charge in [-0.3, -0.25) is 4.72 Å². The first-order chi connectivity index (χ1) is 12.5. The van der Waals surface area contributed by atoms with E-state index in [1.54, 1.807) is 18.2 Å². The maximum absolute atomic E-state index is 13.1. The molecule has 1 aliphatic rings. The van der Waals surface area contributed by atoms with Gasteiger partial charge < -0.3 is 0 Å². The van der Waals surface area contributed by atoms with Crippen molar-refractivity contribution in [2.75, 3.05) is 4.72 Å². The summed E-state index contributed by atoms with van der Waals surface area (Å²) >= 11 is 7.64. The second kappa shape index (κ2) is 6.58. The monoisotopic (exact) mass is 402 g/mol. The van der Waals surface area contributed by atoms with Crippen LogP contribution in [-0.2, 0) is 22.9 Å². The second-order valence-electron chi connectivity index (χ2n) is 6.23. The molecule has 26 heavy (non-hydrogen) atoms. The topological polar surface area (TPSA) is 70.0 Å². The van der Waals surface area contributed by atoms with E-state index in [-0.39, 0.29) is 4.90 Å². The number of aryl methyl sites for hydroxylation is 1. The summed E-state index contributed by atoms with van der Waals surface area (Å²) in [4.78, 5) is 1.23. The highest BCUT2D eigenvalue weighted by atomic mass is 35.5. The normalized spacial score (nSPS) is 14.0. The third-order valence-corrected chi connectivity index (χ3v) is 7.66. The van der Waals surface area contributed by atoms with Crippen LogP contribution in [0.3, 0.4) is 0 Å². The molecule has 1 heterocycles. The van der Waals surface area contributed by atoms with Crippen molar-refractivity contribution in [1.82, 2.24) is 0 Å². The third kappa shape index (κ3) is 2.86. The molecule has 0 unspecified atom stereocenters. The van der Waals surface area contributed by atoms with Gasteiger partial charge in [-0.2, -0.15) is 5.26 Å². The molecule has 1 aromatic heterocycles. The Kier molecular flexibility index (Phi) is 4.39. The summed E-state index contributed by atoms with van der Waals surface area (Å²) in [5, 5.41) is 11.6. The van der Waals surface area contributed by atoms with E-state index in [0.717, 1.165) is 41.5 Å². The fraction of sp³-hybridized carbons (Fsp3) is 0.211. The summed E-state index contributed by atoms with van der Waals surface area (Å²) < 4.78 is 28.8. The number of hydrogen-bond donors (Lipinski definition) is 1. The van der Waals surface area contributed by atoms with Crippen molar-refractivity contribution in [2.45, 2.75) is 30.6 Å². The van der Waals surface area contributed by atoms with Gasteiger partial charge in [0.1, 0.15) is 11.1 Å². The van der Waals surface area contributed by atoms with Gasteiger partial charge >= 0.3 is 0 Å². The Labute approximate surface area is 161 Å². The van der Waals surface area contributed by atoms with Gasteiger partial charge in [-0.25, -0.2) is 8.42 Å². The van der Waals surface area contributed by atoms with E-state index >= 15 is 0 Å².